The zero-order valence-corrected chi connectivity index (χ0v) is 26.3. The highest BCUT2D eigenvalue weighted by Crippen LogP contribution is 2.39. The Morgan fingerprint density at radius 3 is 2.76 bits per heavy atom. The fourth-order valence-corrected chi connectivity index (χ4v) is 7.89. The first kappa shape index (κ1) is 30.1. The van der Waals surface area contributed by atoms with Gasteiger partial charge >= 0.3 is 0 Å². The first-order valence-electron chi connectivity index (χ1n) is 14.8. The number of sulfonamides is 1. The fraction of sp³-hybridized carbons (Fsp3) is 0.562. The molecule has 1 aromatic carbocycles. The van der Waals surface area contributed by atoms with E-state index in [9.17, 15) is 18.3 Å². The Morgan fingerprint density at radius 2 is 2.02 bits per heavy atom. The number of fused-ring (bicyclic) bond motifs is 2. The number of ketones is 1. The van der Waals surface area contributed by atoms with Crippen molar-refractivity contribution in [2.75, 3.05) is 30.6 Å². The first-order valence-corrected chi connectivity index (χ1v) is 17.5. The van der Waals surface area contributed by atoms with Gasteiger partial charge in [0.2, 0.25) is 10.0 Å². The van der Waals surface area contributed by atoms with E-state index >= 15 is 0 Å². The normalized spacial score (nSPS) is 21.0. The number of Topliss-reactive ketones (excluding diaryl/α,β-unsaturated/α-hetero) is 1. The van der Waals surface area contributed by atoms with Gasteiger partial charge in [0.25, 0.3) is 0 Å². The van der Waals surface area contributed by atoms with Crippen LogP contribution in [0.3, 0.4) is 0 Å². The minimum absolute atomic E-state index is 0.0817. The van der Waals surface area contributed by atoms with Crippen molar-refractivity contribution in [3.63, 3.8) is 0 Å². The average Bonchev–Trinajstić information content (AvgIpc) is 3.31. The number of piperidine rings is 1. The highest BCUT2D eigenvalue weighted by Gasteiger charge is 2.30. The molecule has 0 radical (unpaired) electrons. The second-order valence-electron chi connectivity index (χ2n) is 13.1. The van der Waals surface area contributed by atoms with Gasteiger partial charge in [0.05, 0.1) is 17.2 Å². The van der Waals surface area contributed by atoms with E-state index in [1.165, 1.54) is 22.6 Å². The van der Waals surface area contributed by atoms with E-state index in [1.807, 2.05) is 24.3 Å². The van der Waals surface area contributed by atoms with E-state index in [2.05, 4.69) is 36.5 Å². The summed E-state index contributed by atoms with van der Waals surface area (Å²) in [5.41, 5.74) is 4.19. The van der Waals surface area contributed by atoms with Crippen molar-refractivity contribution in [2.45, 2.75) is 77.7 Å². The molecule has 2 N–H and O–H groups in total. The van der Waals surface area contributed by atoms with E-state index in [0.29, 0.717) is 24.6 Å². The van der Waals surface area contributed by atoms with Crippen molar-refractivity contribution >= 4 is 43.0 Å². The zero-order chi connectivity index (χ0) is 29.4. The van der Waals surface area contributed by atoms with Crippen LogP contribution in [0.25, 0.3) is 10.2 Å². The van der Waals surface area contributed by atoms with Gasteiger partial charge in [-0.3, -0.25) is 9.52 Å². The Hall–Kier alpha value is -2.33. The van der Waals surface area contributed by atoms with Gasteiger partial charge in [-0.1, -0.05) is 32.9 Å². The number of aromatic nitrogens is 1. The summed E-state index contributed by atoms with van der Waals surface area (Å²) >= 11 is 1.48. The smallest absolute Gasteiger partial charge is 0.229 e. The highest BCUT2D eigenvalue weighted by molar-refractivity contribution is 7.92. The third-order valence-electron chi connectivity index (χ3n) is 8.74. The predicted octanol–water partition coefficient (Wildman–Crippen LogP) is 6.02. The summed E-state index contributed by atoms with van der Waals surface area (Å²) < 4.78 is 26.3. The maximum absolute atomic E-state index is 13.7. The highest BCUT2D eigenvalue weighted by atomic mass is 32.2. The van der Waals surface area contributed by atoms with Gasteiger partial charge < -0.3 is 10.0 Å². The van der Waals surface area contributed by atoms with Gasteiger partial charge in [0.1, 0.15) is 4.83 Å². The van der Waals surface area contributed by atoms with E-state index in [4.69, 9.17) is 4.98 Å². The molecule has 2 aliphatic rings. The van der Waals surface area contributed by atoms with Gasteiger partial charge in [-0.15, -0.1) is 11.3 Å². The lowest BCUT2D eigenvalue weighted by Crippen LogP contribution is -2.39. The first-order chi connectivity index (χ1) is 19.3. The number of nitrogens with zero attached hydrogens (tertiary/aromatic N) is 2. The molecule has 3 heterocycles. The maximum atomic E-state index is 13.7. The number of likely N-dealkylation sites (tertiary alicyclic amines) is 1. The maximum Gasteiger partial charge on any atom is 0.229 e. The number of aliphatic hydroxyl groups excluding tert-OH is 1. The number of nitrogens with one attached hydrogen (secondary N) is 1. The zero-order valence-electron chi connectivity index (χ0n) is 24.7. The number of rotatable bonds is 9. The molecular formula is C32H43N3O4S2. The largest absolute Gasteiger partial charge is 0.392 e. The Bertz CT molecular complexity index is 1510. The number of hydrogen-bond acceptors (Lipinski definition) is 7. The van der Waals surface area contributed by atoms with Crippen molar-refractivity contribution in [1.82, 2.24) is 9.88 Å². The van der Waals surface area contributed by atoms with Gasteiger partial charge in [-0.2, -0.15) is 0 Å². The average molecular weight is 598 g/mol. The molecule has 0 spiro atoms. The summed E-state index contributed by atoms with van der Waals surface area (Å²) in [5, 5.41) is 11.2. The third kappa shape index (κ3) is 7.74. The van der Waals surface area contributed by atoms with Crippen molar-refractivity contribution in [2.24, 2.45) is 11.3 Å². The molecule has 9 heteroatoms. The molecule has 0 saturated carbocycles. The monoisotopic (exact) mass is 597 g/mol. The molecule has 3 aromatic rings. The van der Waals surface area contributed by atoms with Crippen LogP contribution < -0.4 is 4.72 Å². The Morgan fingerprint density at radius 1 is 1.22 bits per heavy atom. The molecule has 1 aliphatic carbocycles. The van der Waals surface area contributed by atoms with Crippen LogP contribution in [0.5, 0.6) is 0 Å². The number of β-amino-alcohol motifs (C(OH)–C–C–N with tert-alkyl or cyclic N) is 1. The summed E-state index contributed by atoms with van der Waals surface area (Å²) in [4.78, 5) is 22.7. The van der Waals surface area contributed by atoms with Crippen LogP contribution in [-0.4, -0.2) is 61.2 Å². The van der Waals surface area contributed by atoms with Crippen LogP contribution in [0.15, 0.2) is 36.4 Å². The van der Waals surface area contributed by atoms with Crippen LogP contribution in [-0.2, 0) is 22.9 Å². The van der Waals surface area contributed by atoms with Crippen LogP contribution in [0.2, 0.25) is 0 Å². The predicted molar refractivity (Wildman–Crippen MR) is 167 cm³/mol. The third-order valence-corrected chi connectivity index (χ3v) is 10.4. The summed E-state index contributed by atoms with van der Waals surface area (Å²) in [6.07, 6.45) is 6.87. The quantitative estimate of drug-likeness (QED) is 0.293. The lowest BCUT2D eigenvalue weighted by Gasteiger charge is -2.34. The standard InChI is InChI=1S/C32H43N3O4S2/c1-32(2,3)25-10-11-28-23(16-25)15-24-19-30(40-31(24)33-28)29(37)18-22(12-14-35-13-6-9-27(36)20-35)21-7-5-8-26(17-21)34-41(4,38)39/h5,7-8,15,17,19,22,25,27,34,36H,6,9-14,16,18,20H2,1-4H3/t22-,25-,27?/m0/s1. The minimum Gasteiger partial charge on any atom is -0.392 e. The molecule has 1 unspecified atom stereocenters. The topological polar surface area (TPSA) is 99.6 Å². The van der Waals surface area contributed by atoms with Gasteiger partial charge in [-0.05, 0) is 104 Å². The molecule has 1 aliphatic heterocycles. The molecule has 5 rings (SSSR count). The molecule has 0 bridgehead atoms. The lowest BCUT2D eigenvalue weighted by molar-refractivity contribution is 0.0685. The second-order valence-corrected chi connectivity index (χ2v) is 15.9. The molecular weight excluding hydrogens is 555 g/mol. The van der Waals surface area contributed by atoms with Crippen molar-refractivity contribution in [3.05, 3.63) is 58.1 Å². The Kier molecular flexibility index (Phi) is 8.90. The van der Waals surface area contributed by atoms with Gasteiger partial charge in [0, 0.05) is 29.7 Å². The Labute approximate surface area is 248 Å². The summed E-state index contributed by atoms with van der Waals surface area (Å²) in [6.45, 7) is 9.30. The van der Waals surface area contributed by atoms with E-state index < -0.39 is 10.0 Å². The van der Waals surface area contributed by atoms with Gasteiger partial charge in [-0.25, -0.2) is 13.4 Å². The van der Waals surface area contributed by atoms with Crippen LogP contribution in [0.1, 0.15) is 85.3 Å². The second kappa shape index (κ2) is 12.1. The Balaban J connectivity index is 1.37. The molecule has 0 amide bonds. The van der Waals surface area contributed by atoms with Crippen LogP contribution >= 0.6 is 11.3 Å². The fourth-order valence-electron chi connectivity index (χ4n) is 6.35. The van der Waals surface area contributed by atoms with Crippen molar-refractivity contribution in [1.29, 1.82) is 0 Å². The number of aliphatic hydroxyl groups is 1. The van der Waals surface area contributed by atoms with Crippen LogP contribution in [0, 0.1) is 11.3 Å². The van der Waals surface area contributed by atoms with E-state index in [-0.39, 0.29) is 23.2 Å². The number of aryl methyl sites for hydroxylation is 1. The molecule has 3 atom stereocenters. The van der Waals surface area contributed by atoms with Crippen LogP contribution in [0.4, 0.5) is 5.69 Å². The number of benzene rings is 1. The number of hydrogen-bond donors (Lipinski definition) is 2. The number of carbonyl (C=O) groups excluding carboxylic acids is 1. The molecule has 222 valence electrons. The summed E-state index contributed by atoms with van der Waals surface area (Å²) in [5.74, 6) is 0.634. The van der Waals surface area contributed by atoms with E-state index in [1.54, 1.807) is 6.07 Å². The molecule has 7 nitrogen and oxygen atoms in total. The summed E-state index contributed by atoms with van der Waals surface area (Å²) in [6, 6.07) is 11.6. The number of carbonyl (C=O) groups is 1. The molecule has 1 saturated heterocycles. The van der Waals surface area contributed by atoms with Crippen molar-refractivity contribution in [3.8, 4) is 0 Å². The minimum atomic E-state index is -3.41. The number of thiophene rings is 1. The molecule has 2 aromatic heterocycles. The molecule has 1 fully saturated rings. The number of pyridine rings is 1. The SMILES string of the molecule is CC(C)(C)[C@H]1CCc2nc3sc(C(=O)C[C@H](CCN4CCCC(O)C4)c4cccc(NS(C)(=O)=O)c4)cc3cc2C1. The summed E-state index contributed by atoms with van der Waals surface area (Å²) in [7, 11) is -3.41. The molecule has 41 heavy (non-hydrogen) atoms. The van der Waals surface area contributed by atoms with Crippen molar-refractivity contribution < 1.29 is 18.3 Å². The van der Waals surface area contributed by atoms with E-state index in [0.717, 1.165) is 78.5 Å². The van der Waals surface area contributed by atoms with Gasteiger partial charge in [0.15, 0.2) is 5.78 Å². The lowest BCUT2D eigenvalue weighted by atomic mass is 9.71. The number of anilines is 1.